The van der Waals surface area contributed by atoms with E-state index in [4.69, 9.17) is 0 Å². The highest BCUT2D eigenvalue weighted by molar-refractivity contribution is 5.96. The monoisotopic (exact) mass is 219 g/mol. The van der Waals surface area contributed by atoms with Crippen LogP contribution >= 0.6 is 0 Å². The molecular weight excluding hydrogens is 210 g/mol. The molecule has 0 amide bonds. The third-order valence-electron chi connectivity index (χ3n) is 2.78. The molecule has 0 aliphatic rings. The molecule has 80 valence electrons. The second-order valence-electron chi connectivity index (χ2n) is 3.78. The predicted octanol–water partition coefficient (Wildman–Crippen LogP) is 3.10. The topological polar surface area (TPSA) is 52.5 Å². The molecule has 2 aromatic heterocycles. The number of pyridine rings is 1. The molecule has 1 N–H and O–H groups in total. The number of nitriles is 1. The first kappa shape index (κ1) is 9.61. The van der Waals surface area contributed by atoms with Crippen LogP contribution in [0, 0.1) is 11.3 Å². The van der Waals surface area contributed by atoms with Gasteiger partial charge in [-0.3, -0.25) is 4.98 Å². The molecule has 2 heterocycles. The molecule has 1 aromatic carbocycles. The van der Waals surface area contributed by atoms with Crippen molar-refractivity contribution in [3.8, 4) is 17.2 Å². The number of aromatic nitrogens is 2. The Morgan fingerprint density at radius 1 is 1.18 bits per heavy atom. The Hall–Kier alpha value is -2.60. The molecule has 0 spiro atoms. The summed E-state index contributed by atoms with van der Waals surface area (Å²) in [6.07, 6.45) is 5.37. The van der Waals surface area contributed by atoms with Gasteiger partial charge in [0.05, 0.1) is 11.1 Å². The van der Waals surface area contributed by atoms with Crippen LogP contribution in [0.3, 0.4) is 0 Å². The lowest BCUT2D eigenvalue weighted by molar-refractivity contribution is 1.37. The summed E-state index contributed by atoms with van der Waals surface area (Å²) in [7, 11) is 0. The normalized spacial score (nSPS) is 10.3. The molecule has 0 radical (unpaired) electrons. The molecule has 3 aromatic rings. The number of para-hydroxylation sites is 1. The molecule has 0 atom stereocenters. The average molecular weight is 219 g/mol. The van der Waals surface area contributed by atoms with E-state index >= 15 is 0 Å². The number of H-pyrrole nitrogens is 1. The summed E-state index contributed by atoms with van der Waals surface area (Å²) in [6, 6.07) is 12.0. The molecule has 3 rings (SSSR count). The Kier molecular flexibility index (Phi) is 2.13. The zero-order valence-electron chi connectivity index (χ0n) is 9.01. The Morgan fingerprint density at radius 3 is 2.82 bits per heavy atom. The highest BCUT2D eigenvalue weighted by atomic mass is 14.7. The van der Waals surface area contributed by atoms with E-state index in [1.54, 1.807) is 6.20 Å². The van der Waals surface area contributed by atoms with Crippen LogP contribution in [-0.4, -0.2) is 9.97 Å². The van der Waals surface area contributed by atoms with Gasteiger partial charge in [0.25, 0.3) is 0 Å². The number of nitrogens with zero attached hydrogens (tertiary/aromatic N) is 2. The number of benzene rings is 1. The number of hydrogen-bond donors (Lipinski definition) is 1. The van der Waals surface area contributed by atoms with Gasteiger partial charge in [0.2, 0.25) is 0 Å². The van der Waals surface area contributed by atoms with E-state index in [9.17, 15) is 5.26 Å². The maximum absolute atomic E-state index is 9.18. The highest BCUT2D eigenvalue weighted by Gasteiger charge is 2.10. The van der Waals surface area contributed by atoms with Gasteiger partial charge in [-0.05, 0) is 12.1 Å². The quantitative estimate of drug-likeness (QED) is 0.683. The van der Waals surface area contributed by atoms with Gasteiger partial charge in [-0.15, -0.1) is 0 Å². The fraction of sp³-hybridized carbons (Fsp3) is 0. The molecule has 0 saturated heterocycles. The van der Waals surface area contributed by atoms with E-state index in [-0.39, 0.29) is 0 Å². The minimum absolute atomic E-state index is 0.600. The van der Waals surface area contributed by atoms with Crippen molar-refractivity contribution in [2.24, 2.45) is 0 Å². The van der Waals surface area contributed by atoms with Gasteiger partial charge in [-0.2, -0.15) is 5.26 Å². The molecule has 0 aliphatic carbocycles. The molecule has 17 heavy (non-hydrogen) atoms. The van der Waals surface area contributed by atoms with Gasteiger partial charge in [-0.1, -0.05) is 18.2 Å². The summed E-state index contributed by atoms with van der Waals surface area (Å²) in [5, 5.41) is 10.2. The summed E-state index contributed by atoms with van der Waals surface area (Å²) in [6.45, 7) is 0. The first-order chi connectivity index (χ1) is 8.40. The maximum atomic E-state index is 9.18. The molecule has 0 aliphatic heterocycles. The molecule has 0 unspecified atom stereocenters. The first-order valence-electron chi connectivity index (χ1n) is 5.31. The third kappa shape index (κ3) is 1.47. The standard InChI is InChI=1S/C14H9N3/c15-7-11-9-17-13-4-2-1-3-12(13)14(11)10-5-6-16-8-10/h1-6,8-9,16H. The van der Waals surface area contributed by atoms with Gasteiger partial charge in [0.15, 0.2) is 0 Å². The van der Waals surface area contributed by atoms with E-state index in [1.165, 1.54) is 0 Å². The largest absolute Gasteiger partial charge is 0.367 e. The molecular formula is C14H9N3. The predicted molar refractivity (Wildman–Crippen MR) is 66.2 cm³/mol. The lowest BCUT2D eigenvalue weighted by atomic mass is 9.99. The van der Waals surface area contributed by atoms with Crippen LogP contribution in [-0.2, 0) is 0 Å². The minimum Gasteiger partial charge on any atom is -0.367 e. The fourth-order valence-electron chi connectivity index (χ4n) is 2.02. The van der Waals surface area contributed by atoms with Crippen molar-refractivity contribution in [3.05, 3.63) is 54.5 Å². The summed E-state index contributed by atoms with van der Waals surface area (Å²) < 4.78 is 0. The fourth-order valence-corrected chi connectivity index (χ4v) is 2.02. The van der Waals surface area contributed by atoms with E-state index in [0.29, 0.717) is 5.56 Å². The summed E-state index contributed by atoms with van der Waals surface area (Å²) >= 11 is 0. The van der Waals surface area contributed by atoms with Crippen LogP contribution < -0.4 is 0 Å². The van der Waals surface area contributed by atoms with E-state index in [0.717, 1.165) is 22.0 Å². The number of nitrogens with one attached hydrogen (secondary N) is 1. The lowest BCUT2D eigenvalue weighted by Gasteiger charge is -2.06. The van der Waals surface area contributed by atoms with Gasteiger partial charge >= 0.3 is 0 Å². The van der Waals surface area contributed by atoms with Crippen molar-refractivity contribution < 1.29 is 0 Å². The maximum Gasteiger partial charge on any atom is 0.101 e. The van der Waals surface area contributed by atoms with E-state index in [1.807, 2.05) is 42.7 Å². The average Bonchev–Trinajstić information content (AvgIpc) is 2.91. The van der Waals surface area contributed by atoms with Crippen molar-refractivity contribution in [3.63, 3.8) is 0 Å². The van der Waals surface area contributed by atoms with Crippen molar-refractivity contribution in [1.29, 1.82) is 5.26 Å². The lowest BCUT2D eigenvalue weighted by Crippen LogP contribution is -1.88. The number of rotatable bonds is 1. The number of aromatic amines is 1. The molecule has 0 fully saturated rings. The highest BCUT2D eigenvalue weighted by Crippen LogP contribution is 2.30. The summed E-state index contributed by atoms with van der Waals surface area (Å²) in [5.41, 5.74) is 3.46. The Balaban J connectivity index is 2.45. The van der Waals surface area contributed by atoms with Crippen molar-refractivity contribution in [1.82, 2.24) is 9.97 Å². The second kappa shape index (κ2) is 3.76. The smallest absolute Gasteiger partial charge is 0.101 e. The van der Waals surface area contributed by atoms with Gasteiger partial charge < -0.3 is 4.98 Å². The summed E-state index contributed by atoms with van der Waals surface area (Å²) in [4.78, 5) is 7.30. The summed E-state index contributed by atoms with van der Waals surface area (Å²) in [5.74, 6) is 0. The van der Waals surface area contributed by atoms with E-state index < -0.39 is 0 Å². The van der Waals surface area contributed by atoms with Gasteiger partial charge in [0.1, 0.15) is 6.07 Å². The van der Waals surface area contributed by atoms with E-state index in [2.05, 4.69) is 16.0 Å². The van der Waals surface area contributed by atoms with Crippen molar-refractivity contribution >= 4 is 10.9 Å². The van der Waals surface area contributed by atoms with Crippen molar-refractivity contribution in [2.75, 3.05) is 0 Å². The van der Waals surface area contributed by atoms with Gasteiger partial charge in [0, 0.05) is 35.1 Å². The van der Waals surface area contributed by atoms with Crippen LogP contribution in [0.2, 0.25) is 0 Å². The first-order valence-corrected chi connectivity index (χ1v) is 5.31. The molecule has 3 nitrogen and oxygen atoms in total. The zero-order chi connectivity index (χ0) is 11.7. The van der Waals surface area contributed by atoms with Crippen LogP contribution in [0.15, 0.2) is 48.9 Å². The van der Waals surface area contributed by atoms with Gasteiger partial charge in [-0.25, -0.2) is 0 Å². The number of fused-ring (bicyclic) bond motifs is 1. The Bertz CT molecular complexity index is 706. The van der Waals surface area contributed by atoms with Crippen molar-refractivity contribution in [2.45, 2.75) is 0 Å². The van der Waals surface area contributed by atoms with Crippen LogP contribution in [0.1, 0.15) is 5.56 Å². The Labute approximate surface area is 98.4 Å². The number of hydrogen-bond acceptors (Lipinski definition) is 2. The Morgan fingerprint density at radius 2 is 2.06 bits per heavy atom. The van der Waals surface area contributed by atoms with Crippen LogP contribution in [0.4, 0.5) is 0 Å². The minimum atomic E-state index is 0.600. The third-order valence-corrected chi connectivity index (χ3v) is 2.78. The van der Waals surface area contributed by atoms with Crippen LogP contribution in [0.5, 0.6) is 0 Å². The molecule has 3 heteroatoms. The second-order valence-corrected chi connectivity index (χ2v) is 3.78. The zero-order valence-corrected chi connectivity index (χ0v) is 9.01. The SMILES string of the molecule is N#Cc1cnc2ccccc2c1-c1cc[nH]c1. The molecule has 0 bridgehead atoms. The molecule has 0 saturated carbocycles. The van der Waals surface area contributed by atoms with Crippen LogP contribution in [0.25, 0.3) is 22.0 Å².